The molecule has 1 aliphatic heterocycles. The van der Waals surface area contributed by atoms with Crippen LogP contribution in [0, 0.1) is 11.3 Å². The molecular formula is C20H14N2O4. The minimum absolute atomic E-state index is 0.0587. The Morgan fingerprint density at radius 2 is 1.96 bits per heavy atom. The summed E-state index contributed by atoms with van der Waals surface area (Å²) >= 11 is 0. The van der Waals surface area contributed by atoms with Gasteiger partial charge in [-0.1, -0.05) is 42.5 Å². The zero-order valence-corrected chi connectivity index (χ0v) is 13.6. The van der Waals surface area contributed by atoms with Crippen molar-refractivity contribution >= 4 is 10.8 Å². The molecule has 2 aromatic carbocycles. The molecule has 0 amide bonds. The van der Waals surface area contributed by atoms with Gasteiger partial charge in [0.1, 0.15) is 24.0 Å². The number of aliphatic hydroxyl groups excluding tert-OH is 1. The van der Waals surface area contributed by atoms with E-state index < -0.39 is 18.0 Å². The molecule has 0 spiro atoms. The van der Waals surface area contributed by atoms with Crippen LogP contribution >= 0.6 is 0 Å². The second kappa shape index (κ2) is 6.06. The SMILES string of the molecule is N#CC1=C(N)Oc2c(oc(CO)cc2=O)C1c1cccc2ccccc12. The monoisotopic (exact) mass is 346 g/mol. The fraction of sp³-hybridized carbons (Fsp3) is 0.100. The molecule has 3 aromatic rings. The molecule has 26 heavy (non-hydrogen) atoms. The molecule has 1 unspecified atom stereocenters. The second-order valence-electron chi connectivity index (χ2n) is 5.92. The van der Waals surface area contributed by atoms with Gasteiger partial charge in [-0.15, -0.1) is 0 Å². The average molecular weight is 346 g/mol. The number of allylic oxidation sites excluding steroid dienone is 1. The van der Waals surface area contributed by atoms with Crippen molar-refractivity contribution in [1.82, 2.24) is 0 Å². The van der Waals surface area contributed by atoms with Crippen LogP contribution in [0.4, 0.5) is 0 Å². The summed E-state index contributed by atoms with van der Waals surface area (Å²) in [6, 6.07) is 16.6. The topological polar surface area (TPSA) is 109 Å². The maximum absolute atomic E-state index is 12.4. The van der Waals surface area contributed by atoms with Gasteiger partial charge >= 0.3 is 0 Å². The number of ether oxygens (including phenoxy) is 1. The number of nitrogens with two attached hydrogens (primary N) is 1. The number of fused-ring (bicyclic) bond motifs is 2. The van der Waals surface area contributed by atoms with E-state index in [1.54, 1.807) is 0 Å². The predicted molar refractivity (Wildman–Crippen MR) is 94.1 cm³/mol. The van der Waals surface area contributed by atoms with Crippen molar-refractivity contribution in [1.29, 1.82) is 5.26 Å². The highest BCUT2D eigenvalue weighted by molar-refractivity contribution is 5.87. The standard InChI is InChI=1S/C20H14N2O4/c21-9-15-17(14-7-3-5-11-4-1-2-6-13(11)14)19-18(26-20(15)22)16(24)8-12(10-23)25-19/h1-8,17,23H,10,22H2. The molecule has 6 heteroatoms. The van der Waals surface area contributed by atoms with Gasteiger partial charge in [-0.2, -0.15) is 5.26 Å². The van der Waals surface area contributed by atoms with Crippen LogP contribution in [-0.2, 0) is 6.61 Å². The van der Waals surface area contributed by atoms with E-state index in [1.807, 2.05) is 42.5 Å². The average Bonchev–Trinajstić information content (AvgIpc) is 2.67. The van der Waals surface area contributed by atoms with Crippen LogP contribution in [0.1, 0.15) is 23.0 Å². The van der Waals surface area contributed by atoms with E-state index in [4.69, 9.17) is 14.9 Å². The molecule has 4 rings (SSSR count). The van der Waals surface area contributed by atoms with Gasteiger partial charge in [-0.05, 0) is 16.3 Å². The molecule has 128 valence electrons. The molecule has 3 N–H and O–H groups in total. The van der Waals surface area contributed by atoms with Crippen LogP contribution in [0.5, 0.6) is 5.75 Å². The van der Waals surface area contributed by atoms with Crippen molar-refractivity contribution in [2.45, 2.75) is 12.5 Å². The van der Waals surface area contributed by atoms with Gasteiger partial charge in [0.2, 0.25) is 17.1 Å². The Labute approximate surface area is 148 Å². The first-order valence-electron chi connectivity index (χ1n) is 7.97. The number of nitrogens with zero attached hydrogens (tertiary/aromatic N) is 1. The number of hydrogen-bond donors (Lipinski definition) is 2. The Morgan fingerprint density at radius 3 is 2.73 bits per heavy atom. The van der Waals surface area contributed by atoms with Crippen LogP contribution in [-0.4, -0.2) is 5.11 Å². The predicted octanol–water partition coefficient (Wildman–Crippen LogP) is 2.50. The number of benzene rings is 2. The van der Waals surface area contributed by atoms with Gasteiger partial charge < -0.3 is 20.0 Å². The summed E-state index contributed by atoms with van der Waals surface area (Å²) in [5, 5.41) is 20.9. The van der Waals surface area contributed by atoms with Crippen LogP contribution in [0.3, 0.4) is 0 Å². The summed E-state index contributed by atoms with van der Waals surface area (Å²) in [5.41, 5.74) is 6.39. The number of aliphatic hydroxyl groups is 1. The minimum atomic E-state index is -0.700. The molecule has 0 bridgehead atoms. The van der Waals surface area contributed by atoms with Gasteiger partial charge in [0.25, 0.3) is 0 Å². The Bertz CT molecular complexity index is 1150. The summed E-state index contributed by atoms with van der Waals surface area (Å²) in [5.74, 6) is -0.614. The highest BCUT2D eigenvalue weighted by Crippen LogP contribution is 2.43. The smallest absolute Gasteiger partial charge is 0.228 e. The van der Waals surface area contributed by atoms with Crippen molar-refractivity contribution in [2.75, 3.05) is 0 Å². The van der Waals surface area contributed by atoms with E-state index in [0.717, 1.165) is 22.4 Å². The lowest BCUT2D eigenvalue weighted by Gasteiger charge is -2.25. The maximum atomic E-state index is 12.4. The lowest BCUT2D eigenvalue weighted by Crippen LogP contribution is -2.25. The normalized spacial score (nSPS) is 16.1. The largest absolute Gasteiger partial charge is 0.458 e. The van der Waals surface area contributed by atoms with Gasteiger partial charge in [-0.25, -0.2) is 0 Å². The molecule has 0 fully saturated rings. The van der Waals surface area contributed by atoms with E-state index in [9.17, 15) is 15.2 Å². The number of hydrogen-bond acceptors (Lipinski definition) is 6. The van der Waals surface area contributed by atoms with E-state index in [0.29, 0.717) is 0 Å². The molecule has 1 atom stereocenters. The second-order valence-corrected chi connectivity index (χ2v) is 5.92. The minimum Gasteiger partial charge on any atom is -0.458 e. The third-order valence-electron chi connectivity index (χ3n) is 4.42. The quantitative estimate of drug-likeness (QED) is 0.738. The Kier molecular flexibility index (Phi) is 3.72. The van der Waals surface area contributed by atoms with Crippen molar-refractivity contribution in [3.63, 3.8) is 0 Å². The lowest BCUT2D eigenvalue weighted by atomic mass is 9.84. The lowest BCUT2D eigenvalue weighted by molar-refractivity contribution is 0.231. The molecule has 0 aliphatic carbocycles. The zero-order chi connectivity index (χ0) is 18.3. The third kappa shape index (κ3) is 2.34. The van der Waals surface area contributed by atoms with Gasteiger partial charge in [0, 0.05) is 6.07 Å². The molecule has 0 saturated carbocycles. The third-order valence-corrected chi connectivity index (χ3v) is 4.42. The molecule has 1 aromatic heterocycles. The summed E-state index contributed by atoms with van der Waals surface area (Å²) in [6.07, 6.45) is 0. The van der Waals surface area contributed by atoms with E-state index in [2.05, 4.69) is 6.07 Å². The van der Waals surface area contributed by atoms with Crippen LogP contribution in [0.25, 0.3) is 10.8 Å². The zero-order valence-electron chi connectivity index (χ0n) is 13.6. The first-order valence-corrected chi connectivity index (χ1v) is 7.97. The van der Waals surface area contributed by atoms with Crippen molar-refractivity contribution < 1.29 is 14.3 Å². The van der Waals surface area contributed by atoms with Crippen molar-refractivity contribution in [3.8, 4) is 11.8 Å². The van der Waals surface area contributed by atoms with Gasteiger partial charge in [-0.3, -0.25) is 4.79 Å². The fourth-order valence-corrected chi connectivity index (χ4v) is 3.28. The summed E-state index contributed by atoms with van der Waals surface area (Å²) in [7, 11) is 0. The highest BCUT2D eigenvalue weighted by atomic mass is 16.5. The van der Waals surface area contributed by atoms with Gasteiger partial charge in [0.05, 0.1) is 5.92 Å². The van der Waals surface area contributed by atoms with Crippen molar-refractivity contribution in [3.05, 3.63) is 87.3 Å². The molecule has 2 heterocycles. The number of rotatable bonds is 2. The molecule has 6 nitrogen and oxygen atoms in total. The fourth-order valence-electron chi connectivity index (χ4n) is 3.28. The Balaban J connectivity index is 2.08. The van der Waals surface area contributed by atoms with E-state index in [-0.39, 0.29) is 28.7 Å². The first-order chi connectivity index (χ1) is 12.6. The van der Waals surface area contributed by atoms with Crippen LogP contribution in [0.15, 0.2) is 69.2 Å². The molecule has 0 radical (unpaired) electrons. The summed E-state index contributed by atoms with van der Waals surface area (Å²) in [4.78, 5) is 12.4. The van der Waals surface area contributed by atoms with Crippen LogP contribution in [0.2, 0.25) is 0 Å². The highest BCUT2D eigenvalue weighted by Gasteiger charge is 2.35. The molecular weight excluding hydrogens is 332 g/mol. The molecule has 1 aliphatic rings. The summed E-state index contributed by atoms with van der Waals surface area (Å²) in [6.45, 7) is -0.439. The van der Waals surface area contributed by atoms with E-state index in [1.165, 1.54) is 0 Å². The Hall–Kier alpha value is -3.56. The summed E-state index contributed by atoms with van der Waals surface area (Å²) < 4.78 is 11.1. The number of nitriles is 1. The van der Waals surface area contributed by atoms with Crippen LogP contribution < -0.4 is 15.9 Å². The molecule has 0 saturated heterocycles. The maximum Gasteiger partial charge on any atom is 0.228 e. The Morgan fingerprint density at radius 1 is 1.19 bits per heavy atom. The van der Waals surface area contributed by atoms with Crippen molar-refractivity contribution in [2.24, 2.45) is 5.73 Å². The first kappa shape index (κ1) is 15.9. The van der Waals surface area contributed by atoms with E-state index >= 15 is 0 Å². The van der Waals surface area contributed by atoms with Gasteiger partial charge in [0.15, 0.2) is 5.76 Å².